The van der Waals surface area contributed by atoms with Crippen molar-refractivity contribution in [1.82, 2.24) is 4.90 Å². The second kappa shape index (κ2) is 7.00. The molecular weight excluding hydrogens is 331 g/mol. The number of hydrogen-bond donors (Lipinski definition) is 0. The normalized spacial score (nSPS) is 11.2. The number of para-hydroxylation sites is 1. The first kappa shape index (κ1) is 17.9. The Bertz CT molecular complexity index is 833. The Hall–Kier alpha value is -2.41. The standard InChI is InChI=1S/C17H19FN2O3S/c1-19(2)17(21)14-10-8-13(9-11-14)12-20(24(3,22)23)16-7-5-4-6-15(16)18/h4-11H,12H2,1-3H3. The van der Waals surface area contributed by atoms with E-state index >= 15 is 0 Å². The van der Waals surface area contributed by atoms with Gasteiger partial charge in [-0.1, -0.05) is 24.3 Å². The van der Waals surface area contributed by atoms with Crippen LogP contribution in [0.25, 0.3) is 0 Å². The Kier molecular flexibility index (Phi) is 5.23. The number of sulfonamides is 1. The van der Waals surface area contributed by atoms with Crippen molar-refractivity contribution in [3.8, 4) is 0 Å². The van der Waals surface area contributed by atoms with E-state index in [1.165, 1.54) is 23.1 Å². The zero-order valence-corrected chi connectivity index (χ0v) is 14.5. The van der Waals surface area contributed by atoms with Crippen molar-refractivity contribution in [3.63, 3.8) is 0 Å². The summed E-state index contributed by atoms with van der Waals surface area (Å²) in [4.78, 5) is 13.3. The Morgan fingerprint density at radius 2 is 1.62 bits per heavy atom. The molecule has 7 heteroatoms. The van der Waals surface area contributed by atoms with Crippen LogP contribution >= 0.6 is 0 Å². The monoisotopic (exact) mass is 350 g/mol. The molecule has 24 heavy (non-hydrogen) atoms. The summed E-state index contributed by atoms with van der Waals surface area (Å²) in [5.41, 5.74) is 1.15. The molecule has 0 fully saturated rings. The zero-order valence-electron chi connectivity index (χ0n) is 13.7. The van der Waals surface area contributed by atoms with Crippen molar-refractivity contribution < 1.29 is 17.6 Å². The molecule has 0 atom stereocenters. The number of anilines is 1. The molecule has 2 aromatic carbocycles. The van der Waals surface area contributed by atoms with E-state index in [1.54, 1.807) is 44.4 Å². The van der Waals surface area contributed by atoms with Crippen LogP contribution in [-0.4, -0.2) is 39.6 Å². The number of halogens is 1. The molecule has 0 aromatic heterocycles. The lowest BCUT2D eigenvalue weighted by atomic mass is 10.1. The minimum Gasteiger partial charge on any atom is -0.345 e. The first-order chi connectivity index (χ1) is 11.2. The van der Waals surface area contributed by atoms with Gasteiger partial charge in [0.05, 0.1) is 18.5 Å². The molecule has 0 aliphatic rings. The van der Waals surface area contributed by atoms with Gasteiger partial charge in [0.25, 0.3) is 5.91 Å². The van der Waals surface area contributed by atoms with E-state index in [4.69, 9.17) is 0 Å². The lowest BCUT2D eigenvalue weighted by Crippen LogP contribution is -2.30. The molecule has 0 saturated carbocycles. The highest BCUT2D eigenvalue weighted by molar-refractivity contribution is 7.92. The van der Waals surface area contributed by atoms with Gasteiger partial charge in [-0.2, -0.15) is 0 Å². The Balaban J connectivity index is 2.32. The van der Waals surface area contributed by atoms with E-state index < -0.39 is 15.8 Å². The van der Waals surface area contributed by atoms with Crippen molar-refractivity contribution in [2.45, 2.75) is 6.54 Å². The topological polar surface area (TPSA) is 57.7 Å². The SMILES string of the molecule is CN(C)C(=O)c1ccc(CN(c2ccccc2F)S(C)(=O)=O)cc1. The number of rotatable bonds is 5. The number of benzene rings is 2. The summed E-state index contributed by atoms with van der Waals surface area (Å²) in [6, 6.07) is 12.3. The molecule has 2 aromatic rings. The number of carbonyl (C=O) groups is 1. The molecule has 2 rings (SSSR count). The summed E-state index contributed by atoms with van der Waals surface area (Å²) in [6.45, 7) is -0.0177. The van der Waals surface area contributed by atoms with Gasteiger partial charge < -0.3 is 4.90 Å². The molecule has 0 aliphatic heterocycles. The van der Waals surface area contributed by atoms with Crippen LogP contribution in [-0.2, 0) is 16.6 Å². The third kappa shape index (κ3) is 4.11. The van der Waals surface area contributed by atoms with E-state index in [2.05, 4.69) is 0 Å². The smallest absolute Gasteiger partial charge is 0.253 e. The predicted molar refractivity (Wildman–Crippen MR) is 91.9 cm³/mol. The highest BCUT2D eigenvalue weighted by atomic mass is 32.2. The second-order valence-electron chi connectivity index (χ2n) is 5.62. The lowest BCUT2D eigenvalue weighted by Gasteiger charge is -2.23. The van der Waals surface area contributed by atoms with E-state index in [1.807, 2.05) is 0 Å². The van der Waals surface area contributed by atoms with Crippen LogP contribution < -0.4 is 4.31 Å². The average molecular weight is 350 g/mol. The van der Waals surface area contributed by atoms with Gasteiger partial charge in [0, 0.05) is 19.7 Å². The maximum absolute atomic E-state index is 14.0. The second-order valence-corrected chi connectivity index (χ2v) is 7.52. The number of nitrogens with zero attached hydrogens (tertiary/aromatic N) is 2. The lowest BCUT2D eigenvalue weighted by molar-refractivity contribution is 0.0827. The molecule has 0 aliphatic carbocycles. The third-order valence-corrected chi connectivity index (χ3v) is 4.58. The summed E-state index contributed by atoms with van der Waals surface area (Å²) >= 11 is 0. The average Bonchev–Trinajstić information content (AvgIpc) is 2.52. The molecule has 5 nitrogen and oxygen atoms in total. The summed E-state index contributed by atoms with van der Waals surface area (Å²) in [6.07, 6.45) is 1.03. The molecule has 1 amide bonds. The quantitative estimate of drug-likeness (QED) is 0.832. The van der Waals surface area contributed by atoms with Crippen LogP contribution in [0.15, 0.2) is 48.5 Å². The van der Waals surface area contributed by atoms with Gasteiger partial charge in [0.15, 0.2) is 0 Å². The summed E-state index contributed by atoms with van der Waals surface area (Å²) in [5, 5.41) is 0. The first-order valence-corrected chi connectivity index (χ1v) is 9.08. The highest BCUT2D eigenvalue weighted by Gasteiger charge is 2.21. The molecule has 0 spiro atoms. The van der Waals surface area contributed by atoms with Gasteiger partial charge in [-0.25, -0.2) is 12.8 Å². The van der Waals surface area contributed by atoms with Crippen molar-refractivity contribution in [1.29, 1.82) is 0 Å². The molecule has 0 N–H and O–H groups in total. The summed E-state index contributed by atoms with van der Waals surface area (Å²) in [5.74, 6) is -0.752. The number of hydrogen-bond acceptors (Lipinski definition) is 3. The number of amides is 1. The van der Waals surface area contributed by atoms with Crippen LogP contribution in [0.5, 0.6) is 0 Å². The third-order valence-electron chi connectivity index (χ3n) is 3.45. The van der Waals surface area contributed by atoms with E-state index in [0.29, 0.717) is 11.1 Å². The van der Waals surface area contributed by atoms with Crippen molar-refractivity contribution >= 4 is 21.6 Å². The fourth-order valence-electron chi connectivity index (χ4n) is 2.21. The first-order valence-electron chi connectivity index (χ1n) is 7.23. The van der Waals surface area contributed by atoms with Crippen molar-refractivity contribution in [2.24, 2.45) is 0 Å². The van der Waals surface area contributed by atoms with Gasteiger partial charge in [-0.15, -0.1) is 0 Å². The maximum atomic E-state index is 14.0. The minimum absolute atomic E-state index is 0.00607. The van der Waals surface area contributed by atoms with Crippen LogP contribution in [0.1, 0.15) is 15.9 Å². The Labute approximate surface area is 141 Å². The number of carbonyl (C=O) groups excluding carboxylic acids is 1. The van der Waals surface area contributed by atoms with Crippen LogP contribution in [0, 0.1) is 5.82 Å². The summed E-state index contributed by atoms with van der Waals surface area (Å²) < 4.78 is 39.1. The molecule has 0 saturated heterocycles. The molecule has 0 radical (unpaired) electrons. The molecule has 0 unspecified atom stereocenters. The van der Waals surface area contributed by atoms with E-state index in [9.17, 15) is 17.6 Å². The fraction of sp³-hybridized carbons (Fsp3) is 0.235. The zero-order chi connectivity index (χ0) is 17.9. The molecule has 128 valence electrons. The Morgan fingerprint density at radius 3 is 2.12 bits per heavy atom. The van der Waals surface area contributed by atoms with Gasteiger partial charge in [0.2, 0.25) is 10.0 Å². The highest BCUT2D eigenvalue weighted by Crippen LogP contribution is 2.23. The van der Waals surface area contributed by atoms with Crippen molar-refractivity contribution in [3.05, 3.63) is 65.5 Å². The van der Waals surface area contributed by atoms with E-state index in [-0.39, 0.29) is 18.1 Å². The molecule has 0 heterocycles. The van der Waals surface area contributed by atoms with Gasteiger partial charge in [0.1, 0.15) is 5.82 Å². The molecular formula is C17H19FN2O3S. The van der Waals surface area contributed by atoms with Crippen LogP contribution in [0.3, 0.4) is 0 Å². The van der Waals surface area contributed by atoms with Crippen molar-refractivity contribution in [2.75, 3.05) is 24.7 Å². The summed E-state index contributed by atoms with van der Waals surface area (Å²) in [7, 11) is -0.355. The van der Waals surface area contributed by atoms with E-state index in [0.717, 1.165) is 10.6 Å². The molecule has 0 bridgehead atoms. The maximum Gasteiger partial charge on any atom is 0.253 e. The van der Waals surface area contributed by atoms with Gasteiger partial charge in [-0.3, -0.25) is 9.10 Å². The minimum atomic E-state index is -3.66. The van der Waals surface area contributed by atoms with Gasteiger partial charge in [-0.05, 0) is 29.8 Å². The fourth-order valence-corrected chi connectivity index (χ4v) is 3.10. The van der Waals surface area contributed by atoms with Gasteiger partial charge >= 0.3 is 0 Å². The predicted octanol–water partition coefficient (Wildman–Crippen LogP) is 2.49. The Morgan fingerprint density at radius 1 is 1.04 bits per heavy atom. The van der Waals surface area contributed by atoms with Crippen LogP contribution in [0.2, 0.25) is 0 Å². The van der Waals surface area contributed by atoms with Crippen LogP contribution in [0.4, 0.5) is 10.1 Å². The largest absolute Gasteiger partial charge is 0.345 e.